The molecule has 24 heavy (non-hydrogen) atoms. The molecule has 1 aromatic rings. The Kier molecular flexibility index (Phi) is 3.96. The number of esters is 1. The molecule has 2 heterocycles. The molecular formula is C18H20N2O4. The fourth-order valence-corrected chi connectivity index (χ4v) is 3.51. The molecule has 3 rings (SSSR count). The topological polar surface area (TPSA) is 79.6 Å². The molecule has 0 spiro atoms. The maximum absolute atomic E-state index is 12.4. The van der Waals surface area contributed by atoms with Crippen LogP contribution >= 0.6 is 0 Å². The number of likely N-dealkylation sites (tertiary alicyclic amines) is 1. The van der Waals surface area contributed by atoms with Crippen LogP contribution in [0, 0.1) is 11.3 Å². The first-order valence-electron chi connectivity index (χ1n) is 8.03. The Hall–Kier alpha value is -2.55. The smallest absolute Gasteiger partial charge is 0.303 e. The minimum absolute atomic E-state index is 0.0307. The van der Waals surface area contributed by atoms with Crippen LogP contribution in [0.4, 0.5) is 0 Å². The van der Waals surface area contributed by atoms with Crippen molar-refractivity contribution in [3.8, 4) is 11.8 Å². The highest BCUT2D eigenvalue weighted by Gasteiger charge is 2.50. The average Bonchev–Trinajstić information content (AvgIpc) is 2.93. The van der Waals surface area contributed by atoms with Gasteiger partial charge in [-0.1, -0.05) is 0 Å². The predicted molar refractivity (Wildman–Crippen MR) is 85.1 cm³/mol. The summed E-state index contributed by atoms with van der Waals surface area (Å²) in [6.07, 6.45) is 0.618. The standard InChI is InChI=1S/C18H20N2O4/c1-11(21)23-17-16(20-8-4-5-15(20)22)13-9-12(10-19)6-7-14(13)24-18(17,2)3/h6-7,9,16-17H,4-5,8H2,1-3H3/t16-,17+/m0/s1. The Morgan fingerprint density at radius 2 is 2.21 bits per heavy atom. The van der Waals surface area contributed by atoms with Crippen molar-refractivity contribution < 1.29 is 19.1 Å². The number of fused-ring (bicyclic) bond motifs is 1. The number of amides is 1. The molecule has 126 valence electrons. The summed E-state index contributed by atoms with van der Waals surface area (Å²) in [5.74, 6) is 0.225. The lowest BCUT2D eigenvalue weighted by Gasteiger charge is -2.46. The van der Waals surface area contributed by atoms with E-state index in [0.717, 1.165) is 12.0 Å². The summed E-state index contributed by atoms with van der Waals surface area (Å²) in [7, 11) is 0. The van der Waals surface area contributed by atoms with Gasteiger partial charge in [-0.3, -0.25) is 9.59 Å². The molecule has 0 unspecified atom stereocenters. The van der Waals surface area contributed by atoms with Crippen molar-refractivity contribution in [1.82, 2.24) is 4.90 Å². The van der Waals surface area contributed by atoms with Crippen LogP contribution in [0.2, 0.25) is 0 Å². The van der Waals surface area contributed by atoms with Crippen LogP contribution < -0.4 is 4.74 Å². The van der Waals surface area contributed by atoms with Gasteiger partial charge in [0.15, 0.2) is 6.10 Å². The number of hydrogen-bond acceptors (Lipinski definition) is 5. The van der Waals surface area contributed by atoms with Crippen LogP contribution in [-0.4, -0.2) is 35.0 Å². The SMILES string of the molecule is CC(=O)O[C@@H]1[C@@H](N2CCCC2=O)c2cc(C#N)ccc2OC1(C)C. The predicted octanol–water partition coefficient (Wildman–Crippen LogP) is 2.32. The third-order valence-electron chi connectivity index (χ3n) is 4.54. The van der Waals surface area contributed by atoms with E-state index in [1.54, 1.807) is 23.1 Å². The Morgan fingerprint density at radius 1 is 1.46 bits per heavy atom. The molecule has 2 aliphatic heterocycles. The first kappa shape index (κ1) is 16.3. The maximum atomic E-state index is 12.4. The molecule has 6 nitrogen and oxygen atoms in total. The molecule has 0 radical (unpaired) electrons. The number of nitrogens with zero attached hydrogens (tertiary/aromatic N) is 2. The van der Waals surface area contributed by atoms with Gasteiger partial charge in [0.2, 0.25) is 5.91 Å². The summed E-state index contributed by atoms with van der Waals surface area (Å²) in [5.41, 5.74) is 0.408. The third-order valence-corrected chi connectivity index (χ3v) is 4.54. The van der Waals surface area contributed by atoms with Crippen molar-refractivity contribution in [2.45, 2.75) is 51.4 Å². The summed E-state index contributed by atoms with van der Waals surface area (Å²) in [6, 6.07) is 6.81. The van der Waals surface area contributed by atoms with E-state index in [4.69, 9.17) is 9.47 Å². The van der Waals surface area contributed by atoms with Crippen molar-refractivity contribution in [3.63, 3.8) is 0 Å². The molecule has 6 heteroatoms. The minimum Gasteiger partial charge on any atom is -0.484 e. The van der Waals surface area contributed by atoms with Gasteiger partial charge in [-0.05, 0) is 38.5 Å². The quantitative estimate of drug-likeness (QED) is 0.778. The van der Waals surface area contributed by atoms with Crippen LogP contribution in [-0.2, 0) is 14.3 Å². The average molecular weight is 328 g/mol. The van der Waals surface area contributed by atoms with E-state index in [2.05, 4.69) is 6.07 Å². The van der Waals surface area contributed by atoms with Gasteiger partial charge in [-0.25, -0.2) is 0 Å². The van der Waals surface area contributed by atoms with Crippen LogP contribution in [0.5, 0.6) is 5.75 Å². The number of carbonyl (C=O) groups is 2. The molecule has 2 atom stereocenters. The first-order valence-corrected chi connectivity index (χ1v) is 8.03. The van der Waals surface area contributed by atoms with Crippen molar-refractivity contribution in [2.24, 2.45) is 0 Å². The number of nitriles is 1. The lowest BCUT2D eigenvalue weighted by molar-refractivity contribution is -0.171. The zero-order chi connectivity index (χ0) is 17.5. The van der Waals surface area contributed by atoms with E-state index in [-0.39, 0.29) is 5.91 Å². The zero-order valence-electron chi connectivity index (χ0n) is 14.0. The number of ether oxygens (including phenoxy) is 2. The zero-order valence-corrected chi connectivity index (χ0v) is 14.0. The van der Waals surface area contributed by atoms with Gasteiger partial charge >= 0.3 is 5.97 Å². The third kappa shape index (κ3) is 2.71. The van der Waals surface area contributed by atoms with E-state index in [1.807, 2.05) is 13.8 Å². The monoisotopic (exact) mass is 328 g/mol. The van der Waals surface area contributed by atoms with Gasteiger partial charge in [0.1, 0.15) is 17.4 Å². The van der Waals surface area contributed by atoms with Crippen molar-refractivity contribution in [2.75, 3.05) is 6.54 Å². The molecule has 0 aromatic heterocycles. The van der Waals surface area contributed by atoms with Crippen LogP contribution in [0.1, 0.15) is 50.8 Å². The Balaban J connectivity index is 2.15. The Bertz CT molecular complexity index is 735. The van der Waals surface area contributed by atoms with Gasteiger partial charge in [0, 0.05) is 25.5 Å². The van der Waals surface area contributed by atoms with Gasteiger partial charge in [0.25, 0.3) is 0 Å². The van der Waals surface area contributed by atoms with Gasteiger partial charge in [-0.15, -0.1) is 0 Å². The van der Waals surface area contributed by atoms with Crippen molar-refractivity contribution in [1.29, 1.82) is 5.26 Å². The maximum Gasteiger partial charge on any atom is 0.303 e. The summed E-state index contributed by atoms with van der Waals surface area (Å²) < 4.78 is 11.6. The summed E-state index contributed by atoms with van der Waals surface area (Å²) in [5, 5.41) is 9.20. The summed E-state index contributed by atoms with van der Waals surface area (Å²) in [6.45, 7) is 5.64. The Labute approximate surface area is 141 Å². The summed E-state index contributed by atoms with van der Waals surface area (Å²) >= 11 is 0. The molecule has 2 aliphatic rings. The minimum atomic E-state index is -0.791. The molecular weight excluding hydrogens is 308 g/mol. The normalized spacial score (nSPS) is 24.8. The molecule has 1 saturated heterocycles. The van der Waals surface area contributed by atoms with E-state index >= 15 is 0 Å². The van der Waals surface area contributed by atoms with Gasteiger partial charge in [-0.2, -0.15) is 5.26 Å². The van der Waals surface area contributed by atoms with E-state index in [9.17, 15) is 14.9 Å². The molecule has 0 N–H and O–H groups in total. The fourth-order valence-electron chi connectivity index (χ4n) is 3.51. The van der Waals surface area contributed by atoms with Crippen LogP contribution in [0.15, 0.2) is 18.2 Å². The molecule has 1 fully saturated rings. The molecule has 0 bridgehead atoms. The van der Waals surface area contributed by atoms with E-state index < -0.39 is 23.7 Å². The Morgan fingerprint density at radius 3 is 2.79 bits per heavy atom. The molecule has 0 aliphatic carbocycles. The fraction of sp³-hybridized carbons (Fsp3) is 0.500. The lowest BCUT2D eigenvalue weighted by atomic mass is 9.84. The van der Waals surface area contributed by atoms with Crippen LogP contribution in [0.25, 0.3) is 0 Å². The van der Waals surface area contributed by atoms with Gasteiger partial charge in [0.05, 0.1) is 11.6 Å². The van der Waals surface area contributed by atoms with Crippen molar-refractivity contribution in [3.05, 3.63) is 29.3 Å². The molecule has 1 amide bonds. The van der Waals surface area contributed by atoms with Crippen molar-refractivity contribution >= 4 is 11.9 Å². The number of carbonyl (C=O) groups excluding carboxylic acids is 2. The second-order valence-corrected chi connectivity index (χ2v) is 6.74. The van der Waals surface area contributed by atoms with Gasteiger partial charge < -0.3 is 14.4 Å². The highest BCUT2D eigenvalue weighted by Crippen LogP contribution is 2.45. The molecule has 0 saturated carbocycles. The second kappa shape index (κ2) is 5.82. The second-order valence-electron chi connectivity index (χ2n) is 6.74. The van der Waals surface area contributed by atoms with E-state index in [0.29, 0.717) is 24.3 Å². The molecule has 1 aromatic carbocycles. The highest BCUT2D eigenvalue weighted by atomic mass is 16.6. The number of benzene rings is 1. The lowest BCUT2D eigenvalue weighted by Crippen LogP contribution is -2.55. The van der Waals surface area contributed by atoms with Crippen LogP contribution in [0.3, 0.4) is 0 Å². The van der Waals surface area contributed by atoms with E-state index in [1.165, 1.54) is 6.92 Å². The summed E-state index contributed by atoms with van der Waals surface area (Å²) in [4.78, 5) is 25.8. The largest absolute Gasteiger partial charge is 0.484 e. The first-order chi connectivity index (χ1) is 11.3. The number of hydrogen-bond donors (Lipinski definition) is 0. The number of rotatable bonds is 2. The highest BCUT2D eigenvalue weighted by molar-refractivity contribution is 5.79.